The zero-order chi connectivity index (χ0) is 13.1. The number of hydrogen-bond acceptors (Lipinski definition) is 1. The number of nitrogens with one attached hydrogen (secondary N) is 1. The SMILES string of the molecule is N=C(c1ccccc1C1=CC=CC1)C1CCCCC1. The summed E-state index contributed by atoms with van der Waals surface area (Å²) in [6.07, 6.45) is 13.8. The third-order valence-electron chi connectivity index (χ3n) is 4.35. The van der Waals surface area contributed by atoms with E-state index in [2.05, 4.69) is 42.5 Å². The summed E-state index contributed by atoms with van der Waals surface area (Å²) < 4.78 is 0. The first kappa shape index (κ1) is 12.4. The molecule has 0 bridgehead atoms. The van der Waals surface area contributed by atoms with Crippen LogP contribution in [-0.2, 0) is 0 Å². The molecule has 1 heteroatoms. The molecule has 2 aliphatic rings. The Morgan fingerprint density at radius 2 is 1.84 bits per heavy atom. The van der Waals surface area contributed by atoms with Crippen LogP contribution in [0.3, 0.4) is 0 Å². The molecular formula is C18H21N. The normalized spacial score (nSPS) is 19.5. The van der Waals surface area contributed by atoms with Crippen molar-refractivity contribution in [3.8, 4) is 0 Å². The Hall–Kier alpha value is -1.63. The van der Waals surface area contributed by atoms with E-state index in [9.17, 15) is 0 Å². The van der Waals surface area contributed by atoms with Crippen molar-refractivity contribution in [1.29, 1.82) is 5.41 Å². The molecule has 1 saturated carbocycles. The molecule has 0 saturated heterocycles. The fourth-order valence-corrected chi connectivity index (χ4v) is 3.26. The molecule has 1 aromatic carbocycles. The average molecular weight is 251 g/mol. The highest BCUT2D eigenvalue weighted by Crippen LogP contribution is 2.31. The molecule has 0 aromatic heterocycles. The van der Waals surface area contributed by atoms with E-state index in [0.29, 0.717) is 5.92 Å². The third kappa shape index (κ3) is 2.56. The van der Waals surface area contributed by atoms with Crippen LogP contribution >= 0.6 is 0 Å². The zero-order valence-electron chi connectivity index (χ0n) is 11.4. The van der Waals surface area contributed by atoms with Crippen molar-refractivity contribution >= 4 is 11.3 Å². The van der Waals surface area contributed by atoms with Crippen molar-refractivity contribution in [2.45, 2.75) is 38.5 Å². The number of rotatable bonds is 3. The number of benzene rings is 1. The molecule has 0 heterocycles. The Labute approximate surface area is 115 Å². The monoisotopic (exact) mass is 251 g/mol. The lowest BCUT2D eigenvalue weighted by atomic mass is 9.81. The number of allylic oxidation sites excluding steroid dienone is 4. The average Bonchev–Trinajstić information content (AvgIpc) is 3.01. The van der Waals surface area contributed by atoms with Gasteiger partial charge >= 0.3 is 0 Å². The largest absolute Gasteiger partial charge is 0.304 e. The molecule has 0 radical (unpaired) electrons. The van der Waals surface area contributed by atoms with Crippen LogP contribution in [0.2, 0.25) is 0 Å². The van der Waals surface area contributed by atoms with E-state index in [1.807, 2.05) is 0 Å². The predicted octanol–water partition coefficient (Wildman–Crippen LogP) is 4.98. The first-order chi connectivity index (χ1) is 9.36. The van der Waals surface area contributed by atoms with Gasteiger partial charge in [-0.25, -0.2) is 0 Å². The van der Waals surface area contributed by atoms with Crippen LogP contribution in [0.5, 0.6) is 0 Å². The standard InChI is InChI=1S/C18H21N/c19-18(15-10-2-1-3-11-15)17-13-7-6-12-16(17)14-8-4-5-9-14/h4-8,12-13,15,19H,1-3,9-11H2. The molecule has 0 aliphatic heterocycles. The highest BCUT2D eigenvalue weighted by atomic mass is 14.5. The summed E-state index contributed by atoms with van der Waals surface area (Å²) in [5.74, 6) is 0.477. The summed E-state index contributed by atoms with van der Waals surface area (Å²) in [6, 6.07) is 8.46. The lowest BCUT2D eigenvalue weighted by Gasteiger charge is -2.24. The fourth-order valence-electron chi connectivity index (χ4n) is 3.26. The molecule has 98 valence electrons. The van der Waals surface area contributed by atoms with Crippen LogP contribution in [0.25, 0.3) is 5.57 Å². The van der Waals surface area contributed by atoms with Gasteiger partial charge in [0.25, 0.3) is 0 Å². The fraction of sp³-hybridized carbons (Fsp3) is 0.389. The van der Waals surface area contributed by atoms with Crippen molar-refractivity contribution in [1.82, 2.24) is 0 Å². The van der Waals surface area contributed by atoms with Gasteiger partial charge in [-0.1, -0.05) is 61.8 Å². The van der Waals surface area contributed by atoms with Crippen LogP contribution < -0.4 is 0 Å². The van der Waals surface area contributed by atoms with Crippen LogP contribution in [-0.4, -0.2) is 5.71 Å². The maximum atomic E-state index is 8.58. The summed E-state index contributed by atoms with van der Waals surface area (Å²) in [4.78, 5) is 0. The molecule has 19 heavy (non-hydrogen) atoms. The van der Waals surface area contributed by atoms with E-state index >= 15 is 0 Å². The van der Waals surface area contributed by atoms with E-state index in [4.69, 9.17) is 5.41 Å². The molecule has 3 rings (SSSR count). The molecule has 0 amide bonds. The Morgan fingerprint density at radius 1 is 1.05 bits per heavy atom. The van der Waals surface area contributed by atoms with Gasteiger partial charge in [0, 0.05) is 17.2 Å². The highest BCUT2D eigenvalue weighted by Gasteiger charge is 2.21. The Morgan fingerprint density at radius 3 is 2.58 bits per heavy atom. The molecule has 1 aromatic rings. The summed E-state index contributed by atoms with van der Waals surface area (Å²) in [7, 11) is 0. The second-order valence-electron chi connectivity index (χ2n) is 5.62. The molecule has 1 nitrogen and oxygen atoms in total. The Bertz CT molecular complexity index is 530. The summed E-state index contributed by atoms with van der Waals surface area (Å²) in [5.41, 5.74) is 4.65. The first-order valence-corrected chi connectivity index (χ1v) is 7.40. The van der Waals surface area contributed by atoms with Crippen LogP contribution in [0, 0.1) is 11.3 Å². The molecule has 1 fully saturated rings. The zero-order valence-corrected chi connectivity index (χ0v) is 11.4. The van der Waals surface area contributed by atoms with Crippen molar-refractivity contribution < 1.29 is 0 Å². The topological polar surface area (TPSA) is 23.9 Å². The van der Waals surface area contributed by atoms with E-state index in [1.54, 1.807) is 0 Å². The summed E-state index contributed by atoms with van der Waals surface area (Å²) >= 11 is 0. The minimum Gasteiger partial charge on any atom is -0.304 e. The lowest BCUT2D eigenvalue weighted by molar-refractivity contribution is 0.438. The van der Waals surface area contributed by atoms with E-state index in [1.165, 1.54) is 43.2 Å². The van der Waals surface area contributed by atoms with Crippen molar-refractivity contribution in [3.63, 3.8) is 0 Å². The van der Waals surface area contributed by atoms with E-state index < -0.39 is 0 Å². The third-order valence-corrected chi connectivity index (χ3v) is 4.35. The van der Waals surface area contributed by atoms with Gasteiger partial charge < -0.3 is 5.41 Å². The predicted molar refractivity (Wildman–Crippen MR) is 81.6 cm³/mol. The molecule has 0 spiro atoms. The van der Waals surface area contributed by atoms with E-state index in [0.717, 1.165) is 17.7 Å². The van der Waals surface area contributed by atoms with Gasteiger partial charge in [-0.2, -0.15) is 0 Å². The lowest BCUT2D eigenvalue weighted by Crippen LogP contribution is -2.19. The number of hydrogen-bond donors (Lipinski definition) is 1. The van der Waals surface area contributed by atoms with Crippen molar-refractivity contribution in [2.24, 2.45) is 5.92 Å². The first-order valence-electron chi connectivity index (χ1n) is 7.40. The van der Waals surface area contributed by atoms with Crippen LogP contribution in [0.1, 0.15) is 49.7 Å². The van der Waals surface area contributed by atoms with Gasteiger partial charge in [-0.05, 0) is 30.4 Å². The second kappa shape index (κ2) is 5.56. The maximum Gasteiger partial charge on any atom is 0.0423 e. The van der Waals surface area contributed by atoms with Gasteiger partial charge in [0.2, 0.25) is 0 Å². The highest BCUT2D eigenvalue weighted by molar-refractivity contribution is 6.04. The molecule has 0 unspecified atom stereocenters. The van der Waals surface area contributed by atoms with Gasteiger partial charge in [-0.15, -0.1) is 0 Å². The van der Waals surface area contributed by atoms with Crippen LogP contribution in [0.15, 0.2) is 42.5 Å². The Kier molecular flexibility index (Phi) is 3.63. The summed E-state index contributed by atoms with van der Waals surface area (Å²) in [6.45, 7) is 0. The molecule has 1 N–H and O–H groups in total. The minimum atomic E-state index is 0.477. The van der Waals surface area contributed by atoms with Crippen molar-refractivity contribution in [2.75, 3.05) is 0 Å². The molecule has 0 atom stereocenters. The van der Waals surface area contributed by atoms with E-state index in [-0.39, 0.29) is 0 Å². The quantitative estimate of drug-likeness (QED) is 0.733. The van der Waals surface area contributed by atoms with Gasteiger partial charge in [0.05, 0.1) is 0 Å². The van der Waals surface area contributed by atoms with Gasteiger partial charge in [-0.3, -0.25) is 0 Å². The van der Waals surface area contributed by atoms with Gasteiger partial charge in [0.1, 0.15) is 0 Å². The smallest absolute Gasteiger partial charge is 0.0423 e. The second-order valence-corrected chi connectivity index (χ2v) is 5.62. The minimum absolute atomic E-state index is 0.477. The van der Waals surface area contributed by atoms with Crippen LogP contribution in [0.4, 0.5) is 0 Å². The molecule has 2 aliphatic carbocycles. The summed E-state index contributed by atoms with van der Waals surface area (Å²) in [5, 5.41) is 8.58. The van der Waals surface area contributed by atoms with Gasteiger partial charge in [0.15, 0.2) is 0 Å². The maximum absolute atomic E-state index is 8.58. The Balaban J connectivity index is 1.89. The van der Waals surface area contributed by atoms with Crippen molar-refractivity contribution in [3.05, 3.63) is 53.6 Å². The molecular weight excluding hydrogens is 230 g/mol.